The summed E-state index contributed by atoms with van der Waals surface area (Å²) in [5, 5.41) is 4.09. The fraction of sp³-hybridized carbons (Fsp3) is 0.385. The van der Waals surface area contributed by atoms with Gasteiger partial charge in [-0.3, -0.25) is 4.18 Å². The molecule has 0 bridgehead atoms. The van der Waals surface area contributed by atoms with Crippen LogP contribution in [0.15, 0.2) is 42.5 Å². The Hall–Kier alpha value is -2.38. The van der Waals surface area contributed by atoms with E-state index in [1.54, 1.807) is 11.3 Å². The first-order valence-electron chi connectivity index (χ1n) is 11.2. The lowest BCUT2D eigenvalue weighted by molar-refractivity contribution is -0.137. The molecule has 9 heteroatoms. The van der Waals surface area contributed by atoms with Crippen molar-refractivity contribution in [2.24, 2.45) is 0 Å². The lowest BCUT2D eigenvalue weighted by atomic mass is 10.00. The van der Waals surface area contributed by atoms with Crippen molar-refractivity contribution in [1.82, 2.24) is 5.32 Å². The van der Waals surface area contributed by atoms with E-state index in [9.17, 15) is 21.6 Å². The minimum Gasteiger partial charge on any atom is -0.317 e. The number of rotatable bonds is 7. The highest BCUT2D eigenvalue weighted by atomic mass is 32.2. The van der Waals surface area contributed by atoms with Gasteiger partial charge in [0.25, 0.3) is 10.1 Å². The molecule has 0 aliphatic rings. The number of alkyl halides is 3. The quantitative estimate of drug-likeness (QED) is 0.214. The number of halogens is 3. The molecule has 0 unspecified atom stereocenters. The van der Waals surface area contributed by atoms with E-state index < -0.39 is 21.9 Å². The molecule has 0 spiro atoms. The SMILES string of the molecule is CCNCC.Cc1sc2cc(C#CCCCOS(C)(=O)=O)ccc2c1-c1ccc(C(F)(F)F)cc1. The number of aryl methyl sites for hydroxylation is 1. The lowest BCUT2D eigenvalue weighted by Crippen LogP contribution is -2.09. The number of benzene rings is 2. The third-order valence-electron chi connectivity index (χ3n) is 4.84. The second-order valence-electron chi connectivity index (χ2n) is 7.71. The third-order valence-corrected chi connectivity index (χ3v) is 6.51. The summed E-state index contributed by atoms with van der Waals surface area (Å²) in [6.45, 7) is 8.44. The largest absolute Gasteiger partial charge is 0.416 e. The van der Waals surface area contributed by atoms with Crippen molar-refractivity contribution in [3.63, 3.8) is 0 Å². The molecule has 190 valence electrons. The summed E-state index contributed by atoms with van der Waals surface area (Å²) in [5.74, 6) is 6.05. The zero-order valence-corrected chi connectivity index (χ0v) is 21.9. The van der Waals surface area contributed by atoms with Crippen LogP contribution in [-0.4, -0.2) is 34.4 Å². The van der Waals surface area contributed by atoms with Crippen LogP contribution in [0, 0.1) is 18.8 Å². The van der Waals surface area contributed by atoms with E-state index in [4.69, 9.17) is 0 Å². The van der Waals surface area contributed by atoms with Gasteiger partial charge in [-0.25, -0.2) is 0 Å². The van der Waals surface area contributed by atoms with Crippen molar-refractivity contribution in [1.29, 1.82) is 0 Å². The van der Waals surface area contributed by atoms with Crippen molar-refractivity contribution < 1.29 is 25.8 Å². The number of fused-ring (bicyclic) bond motifs is 1. The van der Waals surface area contributed by atoms with Gasteiger partial charge in [0, 0.05) is 32.5 Å². The normalized spacial score (nSPS) is 11.5. The summed E-state index contributed by atoms with van der Waals surface area (Å²) in [6.07, 6.45) is -2.32. The zero-order valence-electron chi connectivity index (χ0n) is 20.3. The molecular weight excluding hydrogens is 495 g/mol. The second-order valence-corrected chi connectivity index (χ2v) is 10.6. The Morgan fingerprint density at radius 2 is 1.71 bits per heavy atom. The highest BCUT2D eigenvalue weighted by molar-refractivity contribution is 7.85. The molecule has 1 heterocycles. The Kier molecular flexibility index (Phi) is 10.8. The average Bonchev–Trinajstić information content (AvgIpc) is 3.11. The molecule has 0 atom stereocenters. The second kappa shape index (κ2) is 13.1. The van der Waals surface area contributed by atoms with E-state index in [0.717, 1.165) is 63.1 Å². The fourth-order valence-electron chi connectivity index (χ4n) is 3.27. The first kappa shape index (κ1) is 28.9. The van der Waals surface area contributed by atoms with E-state index in [2.05, 4.69) is 35.2 Å². The summed E-state index contributed by atoms with van der Waals surface area (Å²) in [5.41, 5.74) is 1.84. The number of thiophene rings is 1. The molecule has 3 aromatic rings. The van der Waals surface area contributed by atoms with Crippen LogP contribution in [0.25, 0.3) is 21.2 Å². The van der Waals surface area contributed by atoms with Gasteiger partial charge < -0.3 is 5.32 Å². The van der Waals surface area contributed by atoms with Crippen LogP contribution in [0.4, 0.5) is 13.2 Å². The number of hydrogen-bond acceptors (Lipinski definition) is 5. The predicted octanol–water partition coefficient (Wildman–Crippen LogP) is 6.62. The Bertz CT molecular complexity index is 1270. The Morgan fingerprint density at radius 1 is 1.06 bits per heavy atom. The molecule has 0 saturated carbocycles. The van der Waals surface area contributed by atoms with Crippen LogP contribution in [0.1, 0.15) is 42.7 Å². The molecule has 35 heavy (non-hydrogen) atoms. The predicted molar refractivity (Wildman–Crippen MR) is 138 cm³/mol. The summed E-state index contributed by atoms with van der Waals surface area (Å²) in [4.78, 5) is 1.02. The van der Waals surface area contributed by atoms with Crippen LogP contribution in [0.2, 0.25) is 0 Å². The minimum absolute atomic E-state index is 0.104. The van der Waals surface area contributed by atoms with Gasteiger partial charge in [-0.2, -0.15) is 21.6 Å². The van der Waals surface area contributed by atoms with Crippen LogP contribution in [-0.2, 0) is 20.5 Å². The third kappa shape index (κ3) is 9.30. The maximum Gasteiger partial charge on any atom is 0.416 e. The first-order chi connectivity index (χ1) is 16.5. The van der Waals surface area contributed by atoms with Crippen molar-refractivity contribution >= 4 is 31.5 Å². The number of hydrogen-bond donors (Lipinski definition) is 1. The maximum absolute atomic E-state index is 12.8. The summed E-state index contributed by atoms with van der Waals surface area (Å²) in [7, 11) is -3.42. The Balaban J connectivity index is 0.000000784. The lowest BCUT2D eigenvalue weighted by Gasteiger charge is -2.08. The van der Waals surface area contributed by atoms with Gasteiger partial charge in [-0.1, -0.05) is 43.9 Å². The Morgan fingerprint density at radius 3 is 2.26 bits per heavy atom. The molecule has 0 amide bonds. The maximum atomic E-state index is 12.8. The van der Waals surface area contributed by atoms with E-state index in [0.29, 0.717) is 12.8 Å². The molecule has 1 N–H and O–H groups in total. The highest BCUT2D eigenvalue weighted by Gasteiger charge is 2.30. The fourth-order valence-corrected chi connectivity index (χ4v) is 4.81. The monoisotopic (exact) mass is 525 g/mol. The first-order valence-corrected chi connectivity index (χ1v) is 13.8. The summed E-state index contributed by atoms with van der Waals surface area (Å²) < 4.78 is 65.9. The van der Waals surface area contributed by atoms with Gasteiger partial charge in [0.2, 0.25) is 0 Å². The van der Waals surface area contributed by atoms with E-state index in [1.165, 1.54) is 12.1 Å². The minimum atomic E-state index is -4.35. The van der Waals surface area contributed by atoms with Crippen molar-refractivity contribution in [2.45, 2.75) is 39.8 Å². The zero-order chi connectivity index (χ0) is 26.1. The van der Waals surface area contributed by atoms with Crippen molar-refractivity contribution in [3.05, 3.63) is 58.5 Å². The van der Waals surface area contributed by atoms with Crippen LogP contribution in [0.3, 0.4) is 0 Å². The molecule has 2 aromatic carbocycles. The average molecular weight is 526 g/mol. The molecule has 0 saturated heterocycles. The van der Waals surface area contributed by atoms with Crippen molar-refractivity contribution in [3.8, 4) is 23.0 Å². The van der Waals surface area contributed by atoms with Gasteiger partial charge in [0.05, 0.1) is 18.4 Å². The summed E-state index contributed by atoms with van der Waals surface area (Å²) in [6, 6.07) is 11.0. The smallest absolute Gasteiger partial charge is 0.317 e. The highest BCUT2D eigenvalue weighted by Crippen LogP contribution is 2.39. The topological polar surface area (TPSA) is 55.4 Å². The van der Waals surface area contributed by atoms with E-state index >= 15 is 0 Å². The van der Waals surface area contributed by atoms with Crippen LogP contribution in [0.5, 0.6) is 0 Å². The molecular formula is C26H30F3NO3S2. The number of nitrogens with one attached hydrogen (secondary N) is 1. The Labute approximate surface area is 209 Å². The number of unbranched alkanes of at least 4 members (excludes halogenated alkanes) is 1. The summed E-state index contributed by atoms with van der Waals surface area (Å²) >= 11 is 1.57. The van der Waals surface area contributed by atoms with Gasteiger partial charge in [0.1, 0.15) is 0 Å². The molecule has 0 aliphatic heterocycles. The van der Waals surface area contributed by atoms with Gasteiger partial charge in [0.15, 0.2) is 0 Å². The molecule has 1 aromatic heterocycles. The molecule has 0 aliphatic carbocycles. The van der Waals surface area contributed by atoms with Gasteiger partial charge >= 0.3 is 6.18 Å². The molecule has 3 rings (SSSR count). The molecule has 4 nitrogen and oxygen atoms in total. The van der Waals surface area contributed by atoms with Crippen molar-refractivity contribution in [2.75, 3.05) is 26.0 Å². The van der Waals surface area contributed by atoms with Gasteiger partial charge in [-0.15, -0.1) is 11.3 Å². The molecule has 0 radical (unpaired) electrons. The van der Waals surface area contributed by atoms with Crippen LogP contribution < -0.4 is 5.32 Å². The van der Waals surface area contributed by atoms with Crippen LogP contribution >= 0.6 is 11.3 Å². The standard InChI is InChI=1S/C22H19F3O3S2.C4H11N/c1-15-21(17-8-10-18(11-9-17)22(23,24)25)19-12-7-16(14-20(19)29-15)6-4-3-5-13-28-30(2,26)27;1-3-5-4-2/h7-12,14H,3,5,13H2,1-2H3;5H,3-4H2,1-2H3. The van der Waals surface area contributed by atoms with Gasteiger partial charge in [-0.05, 0) is 56.3 Å². The molecule has 0 fully saturated rings. The van der Waals surface area contributed by atoms with E-state index in [1.807, 2.05) is 25.1 Å². The van der Waals surface area contributed by atoms with E-state index in [-0.39, 0.29) is 6.61 Å².